The Kier molecular flexibility index (Phi) is 4.77. The van der Waals surface area contributed by atoms with E-state index in [0.29, 0.717) is 18.7 Å². The molecule has 2 N–H and O–H groups in total. The molecular weight excluding hydrogens is 312 g/mol. The Morgan fingerprint density at radius 1 is 1.24 bits per heavy atom. The highest BCUT2D eigenvalue weighted by atomic mass is 16.2. The molecule has 1 fully saturated rings. The van der Waals surface area contributed by atoms with Crippen LogP contribution in [0.15, 0.2) is 48.7 Å². The maximum atomic E-state index is 12.8. The van der Waals surface area contributed by atoms with Crippen molar-refractivity contribution in [2.75, 3.05) is 25.0 Å². The lowest BCUT2D eigenvalue weighted by Gasteiger charge is -2.42. The zero-order chi connectivity index (χ0) is 18.0. The second-order valence-corrected chi connectivity index (χ2v) is 7.41. The van der Waals surface area contributed by atoms with Crippen LogP contribution in [0.5, 0.6) is 0 Å². The molecule has 0 spiro atoms. The van der Waals surface area contributed by atoms with Crippen molar-refractivity contribution in [3.8, 4) is 0 Å². The van der Waals surface area contributed by atoms with Gasteiger partial charge in [-0.3, -0.25) is 4.79 Å². The predicted molar refractivity (Wildman–Crippen MR) is 101 cm³/mol. The summed E-state index contributed by atoms with van der Waals surface area (Å²) in [5, 5.41) is 0. The summed E-state index contributed by atoms with van der Waals surface area (Å²) in [5.74, 6) is 0.838. The number of hydrogen-bond donors (Lipinski definition) is 1. The summed E-state index contributed by atoms with van der Waals surface area (Å²) in [5.41, 5.74) is 7.78. The van der Waals surface area contributed by atoms with Gasteiger partial charge in [-0.15, -0.1) is 0 Å². The minimum Gasteiger partial charge on any atom is -0.338 e. The van der Waals surface area contributed by atoms with E-state index < -0.39 is 0 Å². The maximum absolute atomic E-state index is 12.8. The first kappa shape index (κ1) is 17.4. The van der Waals surface area contributed by atoms with E-state index in [0.717, 1.165) is 17.9 Å². The number of anilines is 2. The van der Waals surface area contributed by atoms with Crippen LogP contribution in [0.2, 0.25) is 0 Å². The van der Waals surface area contributed by atoms with E-state index in [-0.39, 0.29) is 17.4 Å². The van der Waals surface area contributed by atoms with Gasteiger partial charge >= 0.3 is 0 Å². The molecule has 2 heterocycles. The molecule has 0 radical (unpaired) electrons. The first-order chi connectivity index (χ1) is 11.9. The average Bonchev–Trinajstić information content (AvgIpc) is 2.63. The summed E-state index contributed by atoms with van der Waals surface area (Å²) >= 11 is 0. The van der Waals surface area contributed by atoms with Gasteiger partial charge in [0.2, 0.25) is 0 Å². The minimum atomic E-state index is -0.0607. The lowest BCUT2D eigenvalue weighted by molar-refractivity contribution is 0.0532. The summed E-state index contributed by atoms with van der Waals surface area (Å²) in [6, 6.07) is 13.9. The van der Waals surface area contributed by atoms with Gasteiger partial charge in [-0.05, 0) is 36.1 Å². The van der Waals surface area contributed by atoms with Gasteiger partial charge < -0.3 is 15.5 Å². The number of rotatable bonds is 3. The molecule has 0 bridgehead atoms. The van der Waals surface area contributed by atoms with E-state index in [2.05, 4.69) is 18.8 Å². The summed E-state index contributed by atoms with van der Waals surface area (Å²) in [6.07, 6.45) is 2.50. The number of aromatic nitrogens is 1. The van der Waals surface area contributed by atoms with Crippen LogP contribution in [0.25, 0.3) is 0 Å². The second kappa shape index (κ2) is 6.84. The quantitative estimate of drug-likeness (QED) is 0.934. The number of nitrogens with two attached hydrogens (primary N) is 1. The van der Waals surface area contributed by atoms with Crippen LogP contribution in [0.3, 0.4) is 0 Å². The smallest absolute Gasteiger partial charge is 0.255 e. The van der Waals surface area contributed by atoms with Crippen molar-refractivity contribution in [3.63, 3.8) is 0 Å². The molecule has 0 saturated carbocycles. The summed E-state index contributed by atoms with van der Waals surface area (Å²) in [6.45, 7) is 5.62. The number of likely N-dealkylation sites (tertiary alicyclic amines) is 1. The van der Waals surface area contributed by atoms with Crippen LogP contribution in [-0.2, 0) is 0 Å². The standard InChI is InChI=1S/C20H26N4O/c1-20(2)14-24(12-11-17(20)21)19(25)15-9-10-18(22-13-15)23(3)16-7-5-4-6-8-16/h4-10,13,17H,11-12,14,21H2,1-3H3. The van der Waals surface area contributed by atoms with Crippen LogP contribution in [-0.4, -0.2) is 42.0 Å². The summed E-state index contributed by atoms with van der Waals surface area (Å²) < 4.78 is 0. The molecule has 3 rings (SSSR count). The molecule has 5 nitrogen and oxygen atoms in total. The Morgan fingerprint density at radius 2 is 1.96 bits per heavy atom. The molecule has 1 unspecified atom stereocenters. The van der Waals surface area contributed by atoms with Crippen molar-refractivity contribution >= 4 is 17.4 Å². The van der Waals surface area contributed by atoms with E-state index in [1.165, 1.54) is 0 Å². The van der Waals surface area contributed by atoms with Crippen molar-refractivity contribution in [2.24, 2.45) is 11.1 Å². The number of nitrogens with zero attached hydrogens (tertiary/aromatic N) is 3. The summed E-state index contributed by atoms with van der Waals surface area (Å²) in [4.78, 5) is 21.1. The van der Waals surface area contributed by atoms with Crippen LogP contribution in [0.1, 0.15) is 30.6 Å². The number of carbonyl (C=O) groups excluding carboxylic acids is 1. The topological polar surface area (TPSA) is 62.5 Å². The largest absolute Gasteiger partial charge is 0.338 e. The Labute approximate surface area is 149 Å². The van der Waals surface area contributed by atoms with Gasteiger partial charge in [-0.25, -0.2) is 4.98 Å². The van der Waals surface area contributed by atoms with Gasteiger partial charge in [-0.2, -0.15) is 0 Å². The highest BCUT2D eigenvalue weighted by molar-refractivity contribution is 5.94. The number of para-hydroxylation sites is 1. The molecule has 1 amide bonds. The molecule has 1 aliphatic rings. The molecule has 0 aliphatic carbocycles. The first-order valence-electron chi connectivity index (χ1n) is 8.68. The predicted octanol–water partition coefficient (Wildman–Crippen LogP) is 3.05. The van der Waals surface area contributed by atoms with E-state index in [1.807, 2.05) is 59.3 Å². The first-order valence-corrected chi connectivity index (χ1v) is 8.68. The second-order valence-electron chi connectivity index (χ2n) is 7.41. The number of piperidine rings is 1. The van der Waals surface area contributed by atoms with E-state index in [9.17, 15) is 4.79 Å². The number of benzene rings is 1. The minimum absolute atomic E-state index is 0.0291. The monoisotopic (exact) mass is 338 g/mol. The van der Waals surface area contributed by atoms with Crippen LogP contribution >= 0.6 is 0 Å². The molecule has 2 aromatic rings. The Bertz CT molecular complexity index is 727. The zero-order valence-corrected chi connectivity index (χ0v) is 15.1. The fourth-order valence-electron chi connectivity index (χ4n) is 3.22. The number of carbonyl (C=O) groups is 1. The SMILES string of the molecule is CN(c1ccccc1)c1ccc(C(=O)N2CCC(N)C(C)(C)C2)cn1. The van der Waals surface area contributed by atoms with Crippen LogP contribution < -0.4 is 10.6 Å². The van der Waals surface area contributed by atoms with Crippen molar-refractivity contribution in [1.29, 1.82) is 0 Å². The lowest BCUT2D eigenvalue weighted by Crippen LogP contribution is -2.54. The van der Waals surface area contributed by atoms with Gasteiger partial charge in [0.25, 0.3) is 5.91 Å². The fraction of sp³-hybridized carbons (Fsp3) is 0.400. The lowest BCUT2D eigenvalue weighted by atomic mass is 9.79. The van der Waals surface area contributed by atoms with Gasteiger partial charge in [0.05, 0.1) is 5.56 Å². The van der Waals surface area contributed by atoms with Gasteiger partial charge in [0, 0.05) is 38.1 Å². The molecular formula is C20H26N4O. The maximum Gasteiger partial charge on any atom is 0.255 e. The summed E-state index contributed by atoms with van der Waals surface area (Å²) in [7, 11) is 1.97. The molecule has 1 atom stereocenters. The van der Waals surface area contributed by atoms with E-state index >= 15 is 0 Å². The fourth-order valence-corrected chi connectivity index (χ4v) is 3.22. The van der Waals surface area contributed by atoms with E-state index in [1.54, 1.807) is 6.20 Å². The number of amides is 1. The Morgan fingerprint density at radius 3 is 2.56 bits per heavy atom. The van der Waals surface area contributed by atoms with Crippen LogP contribution in [0, 0.1) is 5.41 Å². The zero-order valence-electron chi connectivity index (χ0n) is 15.1. The molecule has 132 valence electrons. The molecule has 1 aliphatic heterocycles. The van der Waals surface area contributed by atoms with E-state index in [4.69, 9.17) is 5.73 Å². The molecule has 5 heteroatoms. The van der Waals surface area contributed by atoms with Gasteiger partial charge in [0.15, 0.2) is 0 Å². The normalized spacial score (nSPS) is 19.5. The van der Waals surface area contributed by atoms with Crippen molar-refractivity contribution in [3.05, 3.63) is 54.2 Å². The Hall–Kier alpha value is -2.40. The molecule has 1 aromatic carbocycles. The van der Waals surface area contributed by atoms with Crippen LogP contribution in [0.4, 0.5) is 11.5 Å². The third-order valence-corrected chi connectivity index (χ3v) is 5.08. The molecule has 25 heavy (non-hydrogen) atoms. The third-order valence-electron chi connectivity index (χ3n) is 5.08. The molecule has 1 saturated heterocycles. The number of pyridine rings is 1. The Balaban J connectivity index is 1.73. The van der Waals surface area contributed by atoms with Gasteiger partial charge in [-0.1, -0.05) is 32.0 Å². The van der Waals surface area contributed by atoms with Crippen molar-refractivity contribution in [2.45, 2.75) is 26.3 Å². The average molecular weight is 338 g/mol. The third kappa shape index (κ3) is 3.66. The highest BCUT2D eigenvalue weighted by Crippen LogP contribution is 2.29. The van der Waals surface area contributed by atoms with Crippen molar-refractivity contribution < 1.29 is 4.79 Å². The highest BCUT2D eigenvalue weighted by Gasteiger charge is 2.35. The molecule has 1 aromatic heterocycles. The van der Waals surface area contributed by atoms with Crippen molar-refractivity contribution in [1.82, 2.24) is 9.88 Å². The van der Waals surface area contributed by atoms with Gasteiger partial charge in [0.1, 0.15) is 5.82 Å². The number of hydrogen-bond acceptors (Lipinski definition) is 4.